The minimum absolute atomic E-state index is 0.755. The van der Waals surface area contributed by atoms with Crippen LogP contribution in [0, 0.1) is 6.92 Å². The van der Waals surface area contributed by atoms with Gasteiger partial charge in [-0.05, 0) is 13.5 Å². The normalized spacial score (nSPS) is 10.9. The molecule has 2 heterocycles. The summed E-state index contributed by atoms with van der Waals surface area (Å²) < 4.78 is 1.85. The molecule has 0 aliphatic carbocycles. The fourth-order valence-corrected chi connectivity index (χ4v) is 2.18. The van der Waals surface area contributed by atoms with Gasteiger partial charge >= 0.3 is 0 Å². The van der Waals surface area contributed by atoms with E-state index < -0.39 is 0 Å². The van der Waals surface area contributed by atoms with Crippen LogP contribution in [0.2, 0.25) is 0 Å². The fourth-order valence-electron chi connectivity index (χ4n) is 1.39. The zero-order valence-corrected chi connectivity index (χ0v) is 10.3. The van der Waals surface area contributed by atoms with Crippen molar-refractivity contribution < 1.29 is 0 Å². The Balaban J connectivity index is 1.97. The van der Waals surface area contributed by atoms with Crippen molar-refractivity contribution in [1.29, 1.82) is 0 Å². The van der Waals surface area contributed by atoms with E-state index >= 15 is 0 Å². The summed E-state index contributed by atoms with van der Waals surface area (Å²) in [5.41, 5.74) is 0.975. The molecule has 5 nitrogen and oxygen atoms in total. The molecule has 2 rings (SSSR count). The number of rotatable bonds is 5. The molecule has 0 atom stereocenters. The number of hydrogen-bond donors (Lipinski definition) is 1. The van der Waals surface area contributed by atoms with Gasteiger partial charge in [-0.1, -0.05) is 12.1 Å². The van der Waals surface area contributed by atoms with E-state index in [2.05, 4.69) is 27.5 Å². The molecule has 0 amide bonds. The molecule has 0 aromatic carbocycles. The molecule has 2 aromatic rings. The maximum Gasteiger partial charge on any atom is 0.0964 e. The van der Waals surface area contributed by atoms with Crippen molar-refractivity contribution in [2.45, 2.75) is 26.9 Å². The number of nitrogens with zero attached hydrogens (tertiary/aromatic N) is 4. The van der Waals surface area contributed by atoms with Crippen LogP contribution >= 0.6 is 11.3 Å². The summed E-state index contributed by atoms with van der Waals surface area (Å²) in [6, 6.07) is 0. The van der Waals surface area contributed by atoms with E-state index in [0.29, 0.717) is 0 Å². The lowest BCUT2D eigenvalue weighted by molar-refractivity contribution is 0.653. The van der Waals surface area contributed by atoms with E-state index in [1.165, 1.54) is 4.88 Å². The van der Waals surface area contributed by atoms with Crippen molar-refractivity contribution in [3.63, 3.8) is 0 Å². The van der Waals surface area contributed by atoms with Gasteiger partial charge in [0.05, 0.1) is 23.4 Å². The summed E-state index contributed by atoms with van der Waals surface area (Å²) in [6.07, 6.45) is 3.86. The smallest absolute Gasteiger partial charge is 0.0964 e. The first-order chi connectivity index (χ1) is 7.78. The van der Waals surface area contributed by atoms with Crippen LogP contribution in [-0.4, -0.2) is 26.5 Å². The standard InChI is InChI=1S/C10H15N5S/c1-3-11-4-9-6-15(14-13-9)7-10-5-12-8(2)16-10/h5-6,11H,3-4,7H2,1-2H3. The first-order valence-electron chi connectivity index (χ1n) is 5.29. The first kappa shape index (κ1) is 11.2. The van der Waals surface area contributed by atoms with Crippen molar-refractivity contribution in [3.8, 4) is 0 Å². The van der Waals surface area contributed by atoms with Gasteiger partial charge in [-0.2, -0.15) is 0 Å². The van der Waals surface area contributed by atoms with E-state index in [1.54, 1.807) is 11.3 Å². The Labute approximate surface area is 98.5 Å². The van der Waals surface area contributed by atoms with Gasteiger partial charge in [0.2, 0.25) is 0 Å². The van der Waals surface area contributed by atoms with Crippen molar-refractivity contribution in [2.75, 3.05) is 6.54 Å². The zero-order chi connectivity index (χ0) is 11.4. The minimum Gasteiger partial charge on any atom is -0.311 e. The Hall–Kier alpha value is -1.27. The highest BCUT2D eigenvalue weighted by Crippen LogP contribution is 2.12. The van der Waals surface area contributed by atoms with Crippen LogP contribution in [0.3, 0.4) is 0 Å². The van der Waals surface area contributed by atoms with Crippen LogP contribution in [0.1, 0.15) is 22.5 Å². The lowest BCUT2D eigenvalue weighted by Crippen LogP contribution is -2.11. The van der Waals surface area contributed by atoms with Gasteiger partial charge in [-0.3, -0.25) is 0 Å². The van der Waals surface area contributed by atoms with Crippen molar-refractivity contribution in [2.24, 2.45) is 0 Å². The predicted molar refractivity (Wildman–Crippen MR) is 63.4 cm³/mol. The molecule has 6 heteroatoms. The van der Waals surface area contributed by atoms with Gasteiger partial charge < -0.3 is 5.32 Å². The van der Waals surface area contributed by atoms with Crippen LogP contribution in [0.4, 0.5) is 0 Å². The van der Waals surface area contributed by atoms with Gasteiger partial charge in [-0.25, -0.2) is 9.67 Å². The molecule has 0 bridgehead atoms. The maximum atomic E-state index is 4.21. The third kappa shape index (κ3) is 2.86. The zero-order valence-electron chi connectivity index (χ0n) is 9.47. The summed E-state index contributed by atoms with van der Waals surface area (Å²) in [5, 5.41) is 12.5. The Morgan fingerprint density at radius 3 is 3.06 bits per heavy atom. The van der Waals surface area contributed by atoms with Crippen LogP contribution in [0.15, 0.2) is 12.4 Å². The molecule has 2 aromatic heterocycles. The number of thiazole rings is 1. The third-order valence-corrected chi connectivity index (χ3v) is 3.03. The summed E-state index contributed by atoms with van der Waals surface area (Å²) in [4.78, 5) is 5.42. The predicted octanol–water partition coefficient (Wildman–Crippen LogP) is 1.20. The second-order valence-corrected chi connectivity index (χ2v) is 4.85. The second kappa shape index (κ2) is 5.18. The Morgan fingerprint density at radius 1 is 1.50 bits per heavy atom. The molecule has 16 heavy (non-hydrogen) atoms. The van der Waals surface area contributed by atoms with Gasteiger partial charge in [0.15, 0.2) is 0 Å². The van der Waals surface area contributed by atoms with Crippen molar-refractivity contribution >= 4 is 11.3 Å². The Kier molecular flexibility index (Phi) is 3.63. The molecule has 0 saturated heterocycles. The first-order valence-corrected chi connectivity index (χ1v) is 6.10. The fraction of sp³-hybridized carbons (Fsp3) is 0.500. The monoisotopic (exact) mass is 237 g/mol. The highest BCUT2D eigenvalue weighted by Gasteiger charge is 2.03. The van der Waals surface area contributed by atoms with E-state index in [-0.39, 0.29) is 0 Å². The van der Waals surface area contributed by atoms with Crippen molar-refractivity contribution in [1.82, 2.24) is 25.3 Å². The van der Waals surface area contributed by atoms with Crippen molar-refractivity contribution in [3.05, 3.63) is 28.0 Å². The maximum absolute atomic E-state index is 4.21. The molecule has 0 aliphatic heterocycles. The Bertz CT molecular complexity index is 448. The van der Waals surface area contributed by atoms with E-state index in [4.69, 9.17) is 0 Å². The van der Waals surface area contributed by atoms with E-state index in [0.717, 1.165) is 30.3 Å². The minimum atomic E-state index is 0.755. The highest BCUT2D eigenvalue weighted by molar-refractivity contribution is 7.11. The summed E-state index contributed by atoms with van der Waals surface area (Å²) in [6.45, 7) is 6.56. The quantitative estimate of drug-likeness (QED) is 0.849. The lowest BCUT2D eigenvalue weighted by atomic mass is 10.4. The number of aryl methyl sites for hydroxylation is 1. The molecule has 1 N–H and O–H groups in total. The summed E-state index contributed by atoms with van der Waals surface area (Å²) in [5.74, 6) is 0. The molecule has 86 valence electrons. The summed E-state index contributed by atoms with van der Waals surface area (Å²) in [7, 11) is 0. The number of hydrogen-bond acceptors (Lipinski definition) is 5. The average molecular weight is 237 g/mol. The lowest BCUT2D eigenvalue weighted by Gasteiger charge is -1.95. The van der Waals surface area contributed by atoms with Crippen LogP contribution < -0.4 is 5.32 Å². The van der Waals surface area contributed by atoms with E-state index in [1.807, 2.05) is 24.0 Å². The van der Waals surface area contributed by atoms with Crippen LogP contribution in [0.5, 0.6) is 0 Å². The van der Waals surface area contributed by atoms with Gasteiger partial charge in [0.1, 0.15) is 0 Å². The van der Waals surface area contributed by atoms with Gasteiger partial charge in [-0.15, -0.1) is 16.4 Å². The molecular formula is C10H15N5S. The molecule has 0 unspecified atom stereocenters. The van der Waals surface area contributed by atoms with Crippen LogP contribution in [-0.2, 0) is 13.1 Å². The third-order valence-electron chi connectivity index (χ3n) is 2.13. The Morgan fingerprint density at radius 2 is 2.38 bits per heavy atom. The van der Waals surface area contributed by atoms with Gasteiger partial charge in [0.25, 0.3) is 0 Å². The van der Waals surface area contributed by atoms with Gasteiger partial charge in [0, 0.05) is 17.6 Å². The molecule has 0 radical (unpaired) electrons. The molecule has 0 saturated carbocycles. The highest BCUT2D eigenvalue weighted by atomic mass is 32.1. The average Bonchev–Trinajstić information content (AvgIpc) is 2.86. The number of aromatic nitrogens is 4. The topological polar surface area (TPSA) is 55.6 Å². The van der Waals surface area contributed by atoms with Crippen LogP contribution in [0.25, 0.3) is 0 Å². The largest absolute Gasteiger partial charge is 0.311 e. The SMILES string of the molecule is CCNCc1cn(Cc2cnc(C)s2)nn1. The second-order valence-electron chi connectivity index (χ2n) is 3.53. The molecular weight excluding hydrogens is 222 g/mol. The molecule has 0 spiro atoms. The molecule has 0 aliphatic rings. The molecule has 0 fully saturated rings. The summed E-state index contributed by atoms with van der Waals surface area (Å²) >= 11 is 1.69. The number of nitrogens with one attached hydrogen (secondary N) is 1. The van der Waals surface area contributed by atoms with E-state index in [9.17, 15) is 0 Å².